The number of ether oxygens (including phenoxy) is 1. The normalized spacial score (nSPS) is 15.0. The Morgan fingerprint density at radius 2 is 1.93 bits per heavy atom. The molecular weight excluding hydrogens is 384 g/mol. The lowest BCUT2D eigenvalue weighted by Gasteiger charge is -2.21. The zero-order chi connectivity index (χ0) is 19.1. The lowest BCUT2D eigenvalue weighted by molar-refractivity contribution is -0.120. The average molecular weight is 409 g/mol. The quantitative estimate of drug-likeness (QED) is 0.645. The molecule has 1 aliphatic rings. The van der Waals surface area contributed by atoms with Crippen LogP contribution in [0.2, 0.25) is 5.02 Å². The Labute approximate surface area is 168 Å². The smallest absolute Gasteiger partial charge is 0.263 e. The van der Waals surface area contributed by atoms with Crippen LogP contribution in [0, 0.1) is 0 Å². The Bertz CT molecular complexity index is 787. The molecule has 1 heterocycles. The van der Waals surface area contributed by atoms with Crippen molar-refractivity contribution in [1.29, 1.82) is 0 Å². The summed E-state index contributed by atoms with van der Waals surface area (Å²) in [5.41, 5.74) is 0. The van der Waals surface area contributed by atoms with E-state index < -0.39 is 0 Å². The van der Waals surface area contributed by atoms with E-state index in [4.69, 9.17) is 16.3 Å². The minimum absolute atomic E-state index is 0.0626. The van der Waals surface area contributed by atoms with E-state index >= 15 is 0 Å². The van der Waals surface area contributed by atoms with Gasteiger partial charge in [0.1, 0.15) is 4.88 Å². The van der Waals surface area contributed by atoms with Gasteiger partial charge < -0.3 is 15.4 Å². The van der Waals surface area contributed by atoms with Crippen molar-refractivity contribution >= 4 is 44.8 Å². The van der Waals surface area contributed by atoms with Crippen LogP contribution in [0.3, 0.4) is 0 Å². The molecule has 1 aromatic carbocycles. The molecule has 1 aliphatic carbocycles. The SMILES string of the molecule is O=C(CNC(=O)c1sc2ccccc2c1Cl)NCCCOC1CCCCC1. The Kier molecular flexibility index (Phi) is 7.50. The van der Waals surface area contributed by atoms with Crippen LogP contribution >= 0.6 is 22.9 Å². The van der Waals surface area contributed by atoms with Gasteiger partial charge in [-0.2, -0.15) is 0 Å². The number of carbonyl (C=O) groups excluding carboxylic acids is 2. The van der Waals surface area contributed by atoms with E-state index in [0.29, 0.717) is 29.2 Å². The first-order valence-corrected chi connectivity index (χ1v) is 10.7. The van der Waals surface area contributed by atoms with E-state index in [9.17, 15) is 9.59 Å². The van der Waals surface area contributed by atoms with Crippen molar-refractivity contribution in [2.24, 2.45) is 0 Å². The first kappa shape index (κ1) is 20.1. The summed E-state index contributed by atoms with van der Waals surface area (Å²) in [7, 11) is 0. The third-order valence-electron chi connectivity index (χ3n) is 4.70. The summed E-state index contributed by atoms with van der Waals surface area (Å²) < 4.78 is 6.78. The number of fused-ring (bicyclic) bond motifs is 1. The molecule has 146 valence electrons. The highest BCUT2D eigenvalue weighted by Crippen LogP contribution is 2.34. The summed E-state index contributed by atoms with van der Waals surface area (Å²) in [6.07, 6.45) is 7.29. The van der Waals surface area contributed by atoms with Gasteiger partial charge in [-0.25, -0.2) is 0 Å². The van der Waals surface area contributed by atoms with Gasteiger partial charge in [0.05, 0.1) is 17.7 Å². The van der Waals surface area contributed by atoms with Crippen LogP contribution in [0.5, 0.6) is 0 Å². The van der Waals surface area contributed by atoms with Gasteiger partial charge >= 0.3 is 0 Å². The molecule has 0 unspecified atom stereocenters. The van der Waals surface area contributed by atoms with E-state index in [1.165, 1.54) is 30.6 Å². The number of amides is 2. The molecule has 2 amide bonds. The molecule has 2 aromatic rings. The van der Waals surface area contributed by atoms with Crippen molar-refractivity contribution < 1.29 is 14.3 Å². The van der Waals surface area contributed by atoms with E-state index in [1.54, 1.807) is 0 Å². The molecule has 0 saturated heterocycles. The van der Waals surface area contributed by atoms with Crippen LogP contribution in [-0.4, -0.2) is 37.6 Å². The number of hydrogen-bond donors (Lipinski definition) is 2. The molecule has 0 radical (unpaired) electrons. The van der Waals surface area contributed by atoms with Crippen LogP contribution in [0.15, 0.2) is 24.3 Å². The van der Waals surface area contributed by atoms with Crippen molar-refractivity contribution in [2.45, 2.75) is 44.6 Å². The molecule has 5 nitrogen and oxygen atoms in total. The minimum Gasteiger partial charge on any atom is -0.378 e. The molecule has 1 fully saturated rings. The van der Waals surface area contributed by atoms with Gasteiger partial charge in [-0.05, 0) is 25.3 Å². The fourth-order valence-electron chi connectivity index (χ4n) is 3.25. The van der Waals surface area contributed by atoms with Crippen molar-refractivity contribution in [3.8, 4) is 0 Å². The summed E-state index contributed by atoms with van der Waals surface area (Å²) in [4.78, 5) is 24.6. The molecular formula is C20H25ClN2O3S. The molecule has 0 bridgehead atoms. The number of carbonyl (C=O) groups is 2. The maximum Gasteiger partial charge on any atom is 0.263 e. The second kappa shape index (κ2) is 10.1. The number of nitrogens with one attached hydrogen (secondary N) is 2. The lowest BCUT2D eigenvalue weighted by atomic mass is 9.98. The minimum atomic E-state index is -0.322. The number of thiophene rings is 1. The Morgan fingerprint density at radius 3 is 2.70 bits per heavy atom. The molecule has 2 N–H and O–H groups in total. The molecule has 0 atom stereocenters. The third kappa shape index (κ3) is 5.67. The standard InChI is InChI=1S/C20H25ClN2O3S/c21-18-15-9-4-5-10-16(15)27-19(18)20(25)23-13-17(24)22-11-6-12-26-14-7-2-1-3-8-14/h4-5,9-10,14H,1-3,6-8,11-13H2,(H,22,24)(H,23,25). The molecule has 3 rings (SSSR count). The summed E-state index contributed by atoms with van der Waals surface area (Å²) in [6, 6.07) is 7.59. The van der Waals surface area contributed by atoms with Gasteiger partial charge in [-0.3, -0.25) is 9.59 Å². The van der Waals surface area contributed by atoms with Crippen LogP contribution in [0.1, 0.15) is 48.2 Å². The molecule has 1 aromatic heterocycles. The summed E-state index contributed by atoms with van der Waals surface area (Å²) in [5.74, 6) is -0.532. The third-order valence-corrected chi connectivity index (χ3v) is 6.37. The van der Waals surface area contributed by atoms with Crippen molar-refractivity contribution in [1.82, 2.24) is 10.6 Å². The maximum atomic E-state index is 12.3. The van der Waals surface area contributed by atoms with Gasteiger partial charge in [-0.15, -0.1) is 11.3 Å². The van der Waals surface area contributed by atoms with Crippen molar-refractivity contribution in [3.63, 3.8) is 0 Å². The van der Waals surface area contributed by atoms with Crippen LogP contribution in [0.25, 0.3) is 10.1 Å². The van der Waals surface area contributed by atoms with Crippen LogP contribution in [0.4, 0.5) is 0 Å². The monoisotopic (exact) mass is 408 g/mol. The Morgan fingerprint density at radius 1 is 1.15 bits per heavy atom. The maximum absolute atomic E-state index is 12.3. The first-order chi connectivity index (χ1) is 13.1. The van der Waals surface area contributed by atoms with Gasteiger partial charge in [0.15, 0.2) is 0 Å². The predicted octanol–water partition coefficient (Wildman–Crippen LogP) is 4.14. The topological polar surface area (TPSA) is 67.4 Å². The zero-order valence-corrected chi connectivity index (χ0v) is 16.8. The summed E-state index contributed by atoms with van der Waals surface area (Å²) in [6.45, 7) is 1.15. The first-order valence-electron chi connectivity index (χ1n) is 9.48. The highest BCUT2D eigenvalue weighted by atomic mass is 35.5. The fourth-order valence-corrected chi connectivity index (χ4v) is 4.68. The Balaban J connectivity index is 1.34. The number of halogens is 1. The molecule has 0 spiro atoms. The van der Waals surface area contributed by atoms with Crippen LogP contribution in [-0.2, 0) is 9.53 Å². The number of rotatable bonds is 8. The summed E-state index contributed by atoms with van der Waals surface area (Å²) >= 11 is 7.61. The Hall–Kier alpha value is -1.63. The second-order valence-corrected chi connectivity index (χ2v) is 8.19. The van der Waals surface area contributed by atoms with Crippen molar-refractivity contribution in [3.05, 3.63) is 34.2 Å². The highest BCUT2D eigenvalue weighted by molar-refractivity contribution is 7.21. The van der Waals surface area contributed by atoms with E-state index in [0.717, 1.165) is 29.3 Å². The summed E-state index contributed by atoms with van der Waals surface area (Å²) in [5, 5.41) is 6.74. The van der Waals surface area contributed by atoms with Gasteiger partial charge in [0.2, 0.25) is 5.91 Å². The molecule has 1 saturated carbocycles. The zero-order valence-electron chi connectivity index (χ0n) is 15.3. The number of benzene rings is 1. The van der Waals surface area contributed by atoms with Gasteiger partial charge in [0, 0.05) is 23.2 Å². The predicted molar refractivity (Wildman–Crippen MR) is 110 cm³/mol. The fraction of sp³-hybridized carbons (Fsp3) is 0.500. The second-order valence-electron chi connectivity index (χ2n) is 6.76. The highest BCUT2D eigenvalue weighted by Gasteiger charge is 2.17. The molecule has 0 aliphatic heterocycles. The van der Waals surface area contributed by atoms with Gasteiger partial charge in [0.25, 0.3) is 5.91 Å². The van der Waals surface area contributed by atoms with Crippen molar-refractivity contribution in [2.75, 3.05) is 19.7 Å². The molecule has 27 heavy (non-hydrogen) atoms. The van der Waals surface area contributed by atoms with E-state index in [2.05, 4.69) is 10.6 Å². The van der Waals surface area contributed by atoms with E-state index in [1.807, 2.05) is 24.3 Å². The number of hydrogen-bond acceptors (Lipinski definition) is 4. The average Bonchev–Trinajstić information content (AvgIpc) is 3.04. The van der Waals surface area contributed by atoms with Crippen LogP contribution < -0.4 is 10.6 Å². The lowest BCUT2D eigenvalue weighted by Crippen LogP contribution is -2.37. The molecule has 7 heteroatoms. The van der Waals surface area contributed by atoms with E-state index in [-0.39, 0.29) is 18.4 Å². The van der Waals surface area contributed by atoms with Gasteiger partial charge in [-0.1, -0.05) is 49.1 Å². The largest absolute Gasteiger partial charge is 0.378 e.